The van der Waals surface area contributed by atoms with Crippen molar-refractivity contribution in [3.8, 4) is 0 Å². The summed E-state index contributed by atoms with van der Waals surface area (Å²) in [4.78, 5) is 4.43. The monoisotopic (exact) mass is 185 g/mol. The highest BCUT2D eigenvalue weighted by molar-refractivity contribution is 5.81. The molecule has 0 aromatic heterocycles. The molecule has 1 aliphatic rings. The second-order valence-electron chi connectivity index (χ2n) is 3.25. The Labute approximate surface area is 79.5 Å². The van der Waals surface area contributed by atoms with E-state index in [1.165, 1.54) is 12.8 Å². The van der Waals surface area contributed by atoms with E-state index in [0.717, 1.165) is 31.9 Å². The summed E-state index contributed by atoms with van der Waals surface area (Å²) in [7, 11) is 0. The zero-order valence-electron chi connectivity index (χ0n) is 8.25. The van der Waals surface area contributed by atoms with Crippen molar-refractivity contribution in [1.29, 1.82) is 0 Å². The van der Waals surface area contributed by atoms with Gasteiger partial charge in [-0.2, -0.15) is 0 Å². The molecule has 0 aromatic rings. The molecule has 0 spiro atoms. The third-order valence-electron chi connectivity index (χ3n) is 1.96. The molecule has 0 heterocycles. The van der Waals surface area contributed by atoms with Gasteiger partial charge in [-0.3, -0.25) is 4.99 Å². The van der Waals surface area contributed by atoms with Gasteiger partial charge in [0, 0.05) is 19.6 Å². The van der Waals surface area contributed by atoms with Crippen molar-refractivity contribution in [3.05, 3.63) is 0 Å². The molecular formula is C9H19N3O. The topological polar surface area (TPSA) is 59.6 Å². The van der Waals surface area contributed by atoms with Crippen molar-refractivity contribution in [2.45, 2.75) is 38.6 Å². The summed E-state index contributed by atoms with van der Waals surface area (Å²) in [5.74, 6) is 6.26. The van der Waals surface area contributed by atoms with Crippen LogP contribution in [0.15, 0.2) is 4.99 Å². The van der Waals surface area contributed by atoms with E-state index < -0.39 is 0 Å². The number of hydrazine groups is 1. The number of rotatable bonds is 6. The van der Waals surface area contributed by atoms with Crippen LogP contribution < -0.4 is 11.3 Å². The number of amidine groups is 1. The first-order chi connectivity index (χ1) is 6.36. The molecule has 1 saturated carbocycles. The fourth-order valence-corrected chi connectivity index (χ4v) is 1.08. The van der Waals surface area contributed by atoms with Gasteiger partial charge in [0.05, 0.1) is 6.04 Å². The van der Waals surface area contributed by atoms with E-state index in [0.29, 0.717) is 6.04 Å². The van der Waals surface area contributed by atoms with Crippen molar-refractivity contribution in [2.24, 2.45) is 10.8 Å². The molecule has 0 radical (unpaired) electrons. The zero-order valence-corrected chi connectivity index (χ0v) is 8.25. The number of nitrogens with two attached hydrogens (primary N) is 1. The van der Waals surface area contributed by atoms with E-state index in [1.807, 2.05) is 6.92 Å². The van der Waals surface area contributed by atoms with E-state index in [-0.39, 0.29) is 0 Å². The third kappa shape index (κ3) is 4.85. The summed E-state index contributed by atoms with van der Waals surface area (Å²) >= 11 is 0. The molecule has 0 aliphatic heterocycles. The lowest BCUT2D eigenvalue weighted by Crippen LogP contribution is -2.30. The summed E-state index contributed by atoms with van der Waals surface area (Å²) in [6, 6.07) is 0.540. The molecular weight excluding hydrogens is 166 g/mol. The maximum Gasteiger partial charge on any atom is 0.111 e. The fraction of sp³-hybridized carbons (Fsp3) is 0.889. The zero-order chi connectivity index (χ0) is 9.52. The van der Waals surface area contributed by atoms with Crippen LogP contribution in [-0.4, -0.2) is 25.1 Å². The first-order valence-corrected chi connectivity index (χ1v) is 4.97. The van der Waals surface area contributed by atoms with Crippen LogP contribution in [0.4, 0.5) is 0 Å². The number of aliphatic imine (C=N–C) groups is 1. The maximum atomic E-state index is 5.34. The van der Waals surface area contributed by atoms with Gasteiger partial charge >= 0.3 is 0 Å². The summed E-state index contributed by atoms with van der Waals surface area (Å²) in [6.07, 6.45) is 4.32. The standard InChI is InChI=1S/C9H19N3O/c1-2-13-7-3-4-9(12-10)11-8-5-6-8/h8H,2-7,10H2,1H3,(H,11,12). The Hall–Kier alpha value is -0.610. The molecule has 0 aromatic carbocycles. The van der Waals surface area contributed by atoms with Gasteiger partial charge in [-0.15, -0.1) is 0 Å². The highest BCUT2D eigenvalue weighted by Gasteiger charge is 2.20. The molecule has 1 rings (SSSR count). The number of hydrogen-bond donors (Lipinski definition) is 2. The van der Waals surface area contributed by atoms with Gasteiger partial charge in [-0.25, -0.2) is 5.84 Å². The normalized spacial score (nSPS) is 17.5. The smallest absolute Gasteiger partial charge is 0.111 e. The highest BCUT2D eigenvalue weighted by atomic mass is 16.5. The first-order valence-electron chi connectivity index (χ1n) is 4.97. The van der Waals surface area contributed by atoms with Crippen molar-refractivity contribution in [2.75, 3.05) is 13.2 Å². The van der Waals surface area contributed by atoms with Crippen LogP contribution in [-0.2, 0) is 4.74 Å². The Morgan fingerprint density at radius 3 is 2.92 bits per heavy atom. The quantitative estimate of drug-likeness (QED) is 0.212. The molecule has 0 bridgehead atoms. The molecule has 0 saturated heterocycles. The van der Waals surface area contributed by atoms with Crippen LogP contribution in [0.2, 0.25) is 0 Å². The number of hydrogen-bond acceptors (Lipinski definition) is 3. The third-order valence-corrected chi connectivity index (χ3v) is 1.96. The van der Waals surface area contributed by atoms with Crippen LogP contribution >= 0.6 is 0 Å². The van der Waals surface area contributed by atoms with Crippen molar-refractivity contribution < 1.29 is 4.74 Å². The minimum absolute atomic E-state index is 0.540. The van der Waals surface area contributed by atoms with Crippen molar-refractivity contribution in [1.82, 2.24) is 5.43 Å². The second-order valence-corrected chi connectivity index (χ2v) is 3.25. The lowest BCUT2D eigenvalue weighted by atomic mass is 10.3. The van der Waals surface area contributed by atoms with Gasteiger partial charge in [0.2, 0.25) is 0 Å². The van der Waals surface area contributed by atoms with Gasteiger partial charge in [0.15, 0.2) is 0 Å². The number of nitrogens with zero attached hydrogens (tertiary/aromatic N) is 1. The maximum absolute atomic E-state index is 5.34. The van der Waals surface area contributed by atoms with E-state index in [9.17, 15) is 0 Å². The first kappa shape index (κ1) is 10.5. The predicted octanol–water partition coefficient (Wildman–Crippen LogP) is 0.827. The molecule has 13 heavy (non-hydrogen) atoms. The molecule has 0 atom stereocenters. The molecule has 0 amide bonds. The minimum Gasteiger partial charge on any atom is -0.382 e. The lowest BCUT2D eigenvalue weighted by molar-refractivity contribution is 0.146. The molecule has 76 valence electrons. The SMILES string of the molecule is CCOCCCC(=NC1CC1)NN. The summed E-state index contributed by atoms with van der Waals surface area (Å²) < 4.78 is 5.23. The average molecular weight is 185 g/mol. The van der Waals surface area contributed by atoms with Crippen molar-refractivity contribution >= 4 is 5.84 Å². The summed E-state index contributed by atoms with van der Waals surface area (Å²) in [5, 5.41) is 0. The number of ether oxygens (including phenoxy) is 1. The summed E-state index contributed by atoms with van der Waals surface area (Å²) in [5.41, 5.74) is 2.64. The molecule has 1 fully saturated rings. The fourth-order valence-electron chi connectivity index (χ4n) is 1.08. The lowest BCUT2D eigenvalue weighted by Gasteiger charge is -2.05. The molecule has 4 heteroatoms. The Kier molecular flexibility index (Phi) is 4.78. The van der Waals surface area contributed by atoms with Crippen LogP contribution in [0.1, 0.15) is 32.6 Å². The predicted molar refractivity (Wildman–Crippen MR) is 53.5 cm³/mol. The van der Waals surface area contributed by atoms with Gasteiger partial charge in [-0.1, -0.05) is 0 Å². The van der Waals surface area contributed by atoms with E-state index in [1.54, 1.807) is 0 Å². The molecule has 1 aliphatic carbocycles. The van der Waals surface area contributed by atoms with Crippen molar-refractivity contribution in [3.63, 3.8) is 0 Å². The number of nitrogens with one attached hydrogen (secondary N) is 1. The molecule has 3 N–H and O–H groups in total. The van der Waals surface area contributed by atoms with Gasteiger partial charge in [-0.05, 0) is 26.2 Å². The van der Waals surface area contributed by atoms with Crippen LogP contribution in [0.25, 0.3) is 0 Å². The Morgan fingerprint density at radius 1 is 1.62 bits per heavy atom. The van der Waals surface area contributed by atoms with Gasteiger partial charge in [0.25, 0.3) is 0 Å². The Morgan fingerprint density at radius 2 is 2.38 bits per heavy atom. The Bertz CT molecular complexity index is 166. The molecule has 4 nitrogen and oxygen atoms in total. The van der Waals surface area contributed by atoms with Gasteiger partial charge in [0.1, 0.15) is 5.84 Å². The van der Waals surface area contributed by atoms with E-state index in [2.05, 4.69) is 10.4 Å². The minimum atomic E-state index is 0.540. The van der Waals surface area contributed by atoms with E-state index >= 15 is 0 Å². The van der Waals surface area contributed by atoms with Crippen LogP contribution in [0.3, 0.4) is 0 Å². The van der Waals surface area contributed by atoms with Gasteiger partial charge < -0.3 is 10.2 Å². The average Bonchev–Trinajstić information content (AvgIpc) is 2.94. The Balaban J connectivity index is 2.08. The second kappa shape index (κ2) is 5.94. The summed E-state index contributed by atoms with van der Waals surface area (Å²) in [6.45, 7) is 3.58. The highest BCUT2D eigenvalue weighted by Crippen LogP contribution is 2.23. The largest absolute Gasteiger partial charge is 0.382 e. The van der Waals surface area contributed by atoms with E-state index in [4.69, 9.17) is 10.6 Å². The van der Waals surface area contributed by atoms with Crippen LogP contribution in [0.5, 0.6) is 0 Å². The molecule has 0 unspecified atom stereocenters. The van der Waals surface area contributed by atoms with Crippen LogP contribution in [0, 0.1) is 0 Å².